The minimum atomic E-state index is -0.296. The van der Waals surface area contributed by atoms with Crippen LogP contribution in [0.4, 0.5) is 0 Å². The highest BCUT2D eigenvalue weighted by Crippen LogP contribution is 2.35. The van der Waals surface area contributed by atoms with Crippen molar-refractivity contribution in [3.8, 4) is 0 Å². The van der Waals surface area contributed by atoms with Gasteiger partial charge in [0, 0.05) is 15.1 Å². The molecule has 1 atom stereocenters. The summed E-state index contributed by atoms with van der Waals surface area (Å²) in [7, 11) is 0. The molecule has 0 unspecified atom stereocenters. The molecule has 2 N–H and O–H groups in total. The van der Waals surface area contributed by atoms with Gasteiger partial charge in [-0.3, -0.25) is 15.0 Å². The first-order valence-electron chi connectivity index (χ1n) is 9.08. The van der Waals surface area contributed by atoms with E-state index in [1.807, 2.05) is 19.2 Å². The summed E-state index contributed by atoms with van der Waals surface area (Å²) in [4.78, 5) is 32.3. The van der Waals surface area contributed by atoms with Gasteiger partial charge in [-0.2, -0.15) is 4.68 Å². The second-order valence-electron chi connectivity index (χ2n) is 7.11. The Morgan fingerprint density at radius 1 is 1.48 bits per heavy atom. The quantitative estimate of drug-likeness (QED) is 0.612. The van der Waals surface area contributed by atoms with Gasteiger partial charge in [0.15, 0.2) is 0 Å². The third-order valence-corrected chi connectivity index (χ3v) is 7.68. The number of aromatic amines is 1. The van der Waals surface area contributed by atoms with Crippen molar-refractivity contribution < 1.29 is 4.79 Å². The number of hydrogen-bond acceptors (Lipinski definition) is 5. The van der Waals surface area contributed by atoms with Crippen LogP contribution in [0.3, 0.4) is 0 Å². The van der Waals surface area contributed by atoms with Gasteiger partial charge >= 0.3 is 0 Å². The predicted molar refractivity (Wildman–Crippen MR) is 115 cm³/mol. The summed E-state index contributed by atoms with van der Waals surface area (Å²) >= 11 is 8.53. The number of fused-ring (bicyclic) bond motifs is 3. The van der Waals surface area contributed by atoms with E-state index in [4.69, 9.17) is 12.2 Å². The van der Waals surface area contributed by atoms with E-state index in [0.29, 0.717) is 16.9 Å². The molecule has 1 aliphatic rings. The predicted octanol–water partition coefficient (Wildman–Crippen LogP) is 4.56. The lowest BCUT2D eigenvalue weighted by Gasteiger charge is -2.17. The number of aryl methyl sites for hydroxylation is 2. The van der Waals surface area contributed by atoms with Gasteiger partial charge in [-0.25, -0.2) is 0 Å². The van der Waals surface area contributed by atoms with E-state index >= 15 is 0 Å². The fourth-order valence-electron chi connectivity index (χ4n) is 3.79. The maximum absolute atomic E-state index is 13.2. The molecule has 1 aliphatic carbocycles. The third kappa shape index (κ3) is 3.09. The fraction of sp³-hybridized carbons (Fsp3) is 0.421. The molecule has 0 bridgehead atoms. The Labute approximate surface area is 170 Å². The molecule has 3 heterocycles. The molecule has 0 fully saturated rings. The molecule has 4 rings (SSSR count). The van der Waals surface area contributed by atoms with E-state index in [1.165, 1.54) is 9.55 Å². The average molecular weight is 420 g/mol. The lowest BCUT2D eigenvalue weighted by molar-refractivity contribution is 0.101. The van der Waals surface area contributed by atoms with Gasteiger partial charge in [-0.1, -0.05) is 13.8 Å². The number of thiophene rings is 2. The zero-order valence-electron chi connectivity index (χ0n) is 15.5. The number of carbonyl (C=O) groups is 1. The first kappa shape index (κ1) is 18.6. The normalized spacial score (nSPS) is 16.5. The van der Waals surface area contributed by atoms with Crippen LogP contribution in [0.25, 0.3) is 10.2 Å². The highest BCUT2D eigenvalue weighted by Gasteiger charge is 2.24. The summed E-state index contributed by atoms with van der Waals surface area (Å²) in [5.41, 5.74) is 5.23. The van der Waals surface area contributed by atoms with Crippen molar-refractivity contribution in [2.45, 2.75) is 46.5 Å². The Morgan fingerprint density at radius 2 is 2.26 bits per heavy atom. The van der Waals surface area contributed by atoms with E-state index < -0.39 is 0 Å². The summed E-state index contributed by atoms with van der Waals surface area (Å²) in [6.45, 7) is 6.26. The SMILES string of the molecule is CCc1c(C(=O)Nn2c(=S)[nH]c3sc4c(c3c2=O)CC[C@@H](C)C4)csc1C. The number of rotatable bonds is 3. The number of nitrogens with one attached hydrogen (secondary N) is 2. The van der Waals surface area contributed by atoms with E-state index in [-0.39, 0.29) is 16.2 Å². The molecule has 3 aromatic heterocycles. The Balaban J connectivity index is 1.79. The van der Waals surface area contributed by atoms with Crippen LogP contribution in [0.15, 0.2) is 10.2 Å². The van der Waals surface area contributed by atoms with Crippen LogP contribution in [0, 0.1) is 17.6 Å². The lowest BCUT2D eigenvalue weighted by Crippen LogP contribution is -2.34. The first-order chi connectivity index (χ1) is 12.9. The molecule has 3 aromatic rings. The molecule has 1 amide bonds. The molecule has 0 saturated carbocycles. The monoisotopic (exact) mass is 419 g/mol. The summed E-state index contributed by atoms with van der Waals surface area (Å²) in [5.74, 6) is 0.333. The molecule has 0 spiro atoms. The molecule has 0 aromatic carbocycles. The Bertz CT molecular complexity index is 1170. The fourth-order valence-corrected chi connectivity index (χ4v) is 6.43. The Kier molecular flexibility index (Phi) is 4.82. The topological polar surface area (TPSA) is 66.9 Å². The molecular weight excluding hydrogens is 398 g/mol. The molecule has 0 radical (unpaired) electrons. The second-order valence-corrected chi connectivity index (χ2v) is 9.68. The Hall–Kier alpha value is -1.77. The van der Waals surface area contributed by atoms with Crippen LogP contribution >= 0.6 is 34.9 Å². The minimum absolute atomic E-state index is 0.220. The van der Waals surface area contributed by atoms with Crippen LogP contribution in [0.5, 0.6) is 0 Å². The molecule has 0 aliphatic heterocycles. The minimum Gasteiger partial charge on any atom is -0.322 e. The summed E-state index contributed by atoms with van der Waals surface area (Å²) in [5, 5.41) is 2.52. The zero-order chi connectivity index (χ0) is 19.3. The smallest absolute Gasteiger partial charge is 0.282 e. The van der Waals surface area contributed by atoms with E-state index in [0.717, 1.165) is 46.5 Å². The van der Waals surface area contributed by atoms with Crippen molar-refractivity contribution in [1.82, 2.24) is 9.66 Å². The van der Waals surface area contributed by atoms with Crippen LogP contribution in [-0.2, 0) is 19.3 Å². The third-order valence-electron chi connectivity index (χ3n) is 5.27. The maximum Gasteiger partial charge on any atom is 0.282 e. The van der Waals surface area contributed by atoms with Crippen LogP contribution in [0.1, 0.15) is 51.5 Å². The highest BCUT2D eigenvalue weighted by atomic mass is 32.1. The van der Waals surface area contributed by atoms with Gasteiger partial charge in [0.25, 0.3) is 11.5 Å². The largest absolute Gasteiger partial charge is 0.322 e. The second kappa shape index (κ2) is 7.00. The van der Waals surface area contributed by atoms with Crippen molar-refractivity contribution in [3.63, 3.8) is 0 Å². The van der Waals surface area contributed by atoms with Crippen LogP contribution in [-0.4, -0.2) is 15.6 Å². The van der Waals surface area contributed by atoms with Crippen molar-refractivity contribution in [1.29, 1.82) is 0 Å². The van der Waals surface area contributed by atoms with Gasteiger partial charge in [0.2, 0.25) is 4.77 Å². The number of nitrogens with zero attached hydrogens (tertiary/aromatic N) is 1. The number of amides is 1. The van der Waals surface area contributed by atoms with Gasteiger partial charge in [0.1, 0.15) is 4.83 Å². The molecule has 8 heteroatoms. The van der Waals surface area contributed by atoms with Gasteiger partial charge < -0.3 is 4.98 Å². The molecule has 27 heavy (non-hydrogen) atoms. The first-order valence-corrected chi connectivity index (χ1v) is 11.2. The molecule has 0 saturated heterocycles. The van der Waals surface area contributed by atoms with E-state index in [2.05, 4.69) is 17.3 Å². The number of carbonyl (C=O) groups excluding carboxylic acids is 1. The Morgan fingerprint density at radius 3 is 3.00 bits per heavy atom. The van der Waals surface area contributed by atoms with Crippen molar-refractivity contribution in [2.24, 2.45) is 5.92 Å². The molecular formula is C19H21N3O2S3. The molecule has 5 nitrogen and oxygen atoms in total. The number of hydrogen-bond donors (Lipinski definition) is 2. The van der Waals surface area contributed by atoms with E-state index in [1.54, 1.807) is 22.7 Å². The summed E-state index contributed by atoms with van der Waals surface area (Å²) in [6.07, 6.45) is 3.74. The van der Waals surface area contributed by atoms with Crippen molar-refractivity contribution in [3.05, 3.63) is 46.9 Å². The van der Waals surface area contributed by atoms with Crippen molar-refractivity contribution in [2.75, 3.05) is 5.43 Å². The zero-order valence-corrected chi connectivity index (χ0v) is 17.9. The van der Waals surface area contributed by atoms with Gasteiger partial charge in [-0.15, -0.1) is 22.7 Å². The summed E-state index contributed by atoms with van der Waals surface area (Å²) in [6, 6.07) is 0. The van der Waals surface area contributed by atoms with Gasteiger partial charge in [0.05, 0.1) is 10.9 Å². The molecule has 142 valence electrons. The number of aromatic nitrogens is 2. The van der Waals surface area contributed by atoms with Gasteiger partial charge in [-0.05, 0) is 61.9 Å². The number of H-pyrrole nitrogens is 1. The maximum atomic E-state index is 13.2. The van der Waals surface area contributed by atoms with Crippen molar-refractivity contribution >= 4 is 51.0 Å². The average Bonchev–Trinajstić information content (AvgIpc) is 3.17. The van der Waals surface area contributed by atoms with E-state index in [9.17, 15) is 9.59 Å². The lowest BCUT2D eigenvalue weighted by atomic mass is 9.89. The highest BCUT2D eigenvalue weighted by molar-refractivity contribution is 7.71. The van der Waals surface area contributed by atoms with Crippen LogP contribution < -0.4 is 11.0 Å². The van der Waals surface area contributed by atoms with Crippen LogP contribution in [0.2, 0.25) is 0 Å². The standard InChI is InChI=1S/C19H21N3O2S3/c1-4-11-10(3)26-8-13(11)16(23)21-22-18(24)15-12-6-5-9(2)7-14(12)27-17(15)20-19(22)25/h8-9H,4-7H2,1-3H3,(H,20,25)(H,21,23)/t9-/m1/s1. The summed E-state index contributed by atoms with van der Waals surface area (Å²) < 4.78 is 1.41.